The Bertz CT molecular complexity index is 458. The van der Waals surface area contributed by atoms with Crippen LogP contribution in [-0.4, -0.2) is 36.5 Å². The Kier molecular flexibility index (Phi) is 5.74. The quantitative estimate of drug-likeness (QED) is 0.905. The average molecular weight is 292 g/mol. The highest BCUT2D eigenvalue weighted by atomic mass is 19.1. The van der Waals surface area contributed by atoms with Crippen molar-refractivity contribution in [2.24, 2.45) is 5.92 Å². The van der Waals surface area contributed by atoms with Crippen molar-refractivity contribution in [2.75, 3.05) is 19.6 Å². The number of halogens is 1. The summed E-state index contributed by atoms with van der Waals surface area (Å²) in [6.45, 7) is 7.40. The van der Waals surface area contributed by atoms with Gasteiger partial charge in [-0.3, -0.25) is 4.79 Å². The molecule has 116 valence electrons. The number of piperidine rings is 1. The van der Waals surface area contributed by atoms with Crippen LogP contribution in [0.4, 0.5) is 4.39 Å². The molecule has 1 amide bonds. The SMILES string of the molecule is CC(C)N1CCC[C@@H](CNC(=O)Cc2ccc(F)cc2)C1. The Morgan fingerprint density at radius 1 is 1.38 bits per heavy atom. The van der Waals surface area contributed by atoms with Gasteiger partial charge in [0.2, 0.25) is 5.91 Å². The molecule has 1 aromatic carbocycles. The van der Waals surface area contributed by atoms with Crippen molar-refractivity contribution in [3.8, 4) is 0 Å². The van der Waals surface area contributed by atoms with Crippen LogP contribution in [0.15, 0.2) is 24.3 Å². The van der Waals surface area contributed by atoms with Crippen molar-refractivity contribution < 1.29 is 9.18 Å². The molecule has 1 aliphatic heterocycles. The molecule has 0 aromatic heterocycles. The largest absolute Gasteiger partial charge is 0.355 e. The summed E-state index contributed by atoms with van der Waals surface area (Å²) in [6.07, 6.45) is 2.71. The van der Waals surface area contributed by atoms with Gasteiger partial charge in [0, 0.05) is 19.1 Å². The van der Waals surface area contributed by atoms with Gasteiger partial charge in [-0.05, 0) is 56.8 Å². The molecule has 1 saturated heterocycles. The summed E-state index contributed by atoms with van der Waals surface area (Å²) >= 11 is 0. The van der Waals surface area contributed by atoms with E-state index in [1.54, 1.807) is 12.1 Å². The fourth-order valence-electron chi connectivity index (χ4n) is 2.84. The van der Waals surface area contributed by atoms with E-state index in [2.05, 4.69) is 24.1 Å². The van der Waals surface area contributed by atoms with Crippen LogP contribution in [0.2, 0.25) is 0 Å². The highest BCUT2D eigenvalue weighted by molar-refractivity contribution is 5.78. The predicted molar refractivity (Wildman–Crippen MR) is 82.5 cm³/mol. The lowest BCUT2D eigenvalue weighted by molar-refractivity contribution is -0.120. The Morgan fingerprint density at radius 2 is 2.10 bits per heavy atom. The first-order chi connectivity index (χ1) is 10.0. The minimum Gasteiger partial charge on any atom is -0.355 e. The number of rotatable bonds is 5. The standard InChI is InChI=1S/C17H25FN2O/c1-13(2)20-9-3-4-15(12-20)11-19-17(21)10-14-5-7-16(18)8-6-14/h5-8,13,15H,3-4,9-12H2,1-2H3,(H,19,21)/t15-/m0/s1. The number of benzene rings is 1. The van der Waals surface area contributed by atoms with Crippen molar-refractivity contribution in [1.82, 2.24) is 10.2 Å². The summed E-state index contributed by atoms with van der Waals surface area (Å²) in [6, 6.07) is 6.68. The lowest BCUT2D eigenvalue weighted by atomic mass is 9.97. The third-order valence-corrected chi connectivity index (χ3v) is 4.15. The molecule has 0 spiro atoms. The van der Waals surface area contributed by atoms with Crippen LogP contribution in [-0.2, 0) is 11.2 Å². The van der Waals surface area contributed by atoms with Crippen LogP contribution in [0.5, 0.6) is 0 Å². The number of nitrogens with one attached hydrogen (secondary N) is 1. The third kappa shape index (κ3) is 5.12. The van der Waals surface area contributed by atoms with E-state index in [0.29, 0.717) is 18.4 Å². The summed E-state index contributed by atoms with van der Waals surface area (Å²) in [5.74, 6) is 0.289. The van der Waals surface area contributed by atoms with Gasteiger partial charge < -0.3 is 10.2 Å². The zero-order valence-electron chi connectivity index (χ0n) is 12.9. The first-order valence-corrected chi connectivity index (χ1v) is 7.80. The Balaban J connectivity index is 1.74. The Morgan fingerprint density at radius 3 is 2.76 bits per heavy atom. The number of hydrogen-bond donors (Lipinski definition) is 1. The van der Waals surface area contributed by atoms with Crippen LogP contribution < -0.4 is 5.32 Å². The molecule has 0 radical (unpaired) electrons. The van der Waals surface area contributed by atoms with Crippen LogP contribution in [0, 0.1) is 11.7 Å². The minimum absolute atomic E-state index is 0.0169. The van der Waals surface area contributed by atoms with E-state index in [1.807, 2.05) is 0 Å². The first kappa shape index (κ1) is 16.0. The van der Waals surface area contributed by atoms with Gasteiger partial charge in [0.25, 0.3) is 0 Å². The summed E-state index contributed by atoms with van der Waals surface area (Å²) < 4.78 is 12.8. The van der Waals surface area contributed by atoms with E-state index in [4.69, 9.17) is 0 Å². The normalized spacial score (nSPS) is 19.7. The molecule has 1 N–H and O–H groups in total. The lowest BCUT2D eigenvalue weighted by Gasteiger charge is -2.35. The first-order valence-electron chi connectivity index (χ1n) is 7.80. The van der Waals surface area contributed by atoms with Gasteiger partial charge in [-0.25, -0.2) is 4.39 Å². The van der Waals surface area contributed by atoms with E-state index in [1.165, 1.54) is 25.0 Å². The molecule has 1 aliphatic rings. The fourth-order valence-corrected chi connectivity index (χ4v) is 2.84. The molecule has 1 atom stereocenters. The molecular weight excluding hydrogens is 267 g/mol. The molecule has 1 heterocycles. The third-order valence-electron chi connectivity index (χ3n) is 4.15. The maximum atomic E-state index is 12.8. The molecule has 0 bridgehead atoms. The van der Waals surface area contributed by atoms with Crippen molar-refractivity contribution >= 4 is 5.91 Å². The molecule has 21 heavy (non-hydrogen) atoms. The summed E-state index contributed by atoms with van der Waals surface area (Å²) in [5.41, 5.74) is 0.848. The van der Waals surface area contributed by atoms with Crippen molar-refractivity contribution in [1.29, 1.82) is 0 Å². The summed E-state index contributed by atoms with van der Waals surface area (Å²) in [4.78, 5) is 14.4. The lowest BCUT2D eigenvalue weighted by Crippen LogP contribution is -2.43. The second-order valence-electron chi connectivity index (χ2n) is 6.20. The molecule has 1 fully saturated rings. The van der Waals surface area contributed by atoms with Crippen LogP contribution in [0.3, 0.4) is 0 Å². The van der Waals surface area contributed by atoms with Crippen LogP contribution >= 0.6 is 0 Å². The second kappa shape index (κ2) is 7.55. The zero-order chi connectivity index (χ0) is 15.2. The smallest absolute Gasteiger partial charge is 0.224 e. The molecule has 1 aromatic rings. The molecule has 3 nitrogen and oxygen atoms in total. The Labute approximate surface area is 126 Å². The molecule has 2 rings (SSSR count). The molecule has 4 heteroatoms. The van der Waals surface area contributed by atoms with Crippen molar-refractivity contribution in [3.05, 3.63) is 35.6 Å². The van der Waals surface area contributed by atoms with Gasteiger partial charge in [0.15, 0.2) is 0 Å². The minimum atomic E-state index is -0.268. The fraction of sp³-hybridized carbons (Fsp3) is 0.588. The van der Waals surface area contributed by atoms with E-state index >= 15 is 0 Å². The van der Waals surface area contributed by atoms with Gasteiger partial charge in [0.05, 0.1) is 6.42 Å². The van der Waals surface area contributed by atoms with Crippen LogP contribution in [0.25, 0.3) is 0 Å². The van der Waals surface area contributed by atoms with Gasteiger partial charge in [0.1, 0.15) is 5.82 Å². The van der Waals surface area contributed by atoms with Gasteiger partial charge in [-0.2, -0.15) is 0 Å². The van der Waals surface area contributed by atoms with E-state index in [0.717, 1.165) is 25.2 Å². The number of hydrogen-bond acceptors (Lipinski definition) is 2. The highest BCUT2D eigenvalue weighted by Gasteiger charge is 2.21. The maximum Gasteiger partial charge on any atom is 0.224 e. The molecular formula is C17H25FN2O. The second-order valence-corrected chi connectivity index (χ2v) is 6.20. The average Bonchev–Trinajstić information content (AvgIpc) is 2.48. The maximum absolute atomic E-state index is 12.8. The predicted octanol–water partition coefficient (Wildman–Crippen LogP) is 2.60. The monoisotopic (exact) mass is 292 g/mol. The number of amides is 1. The summed E-state index contributed by atoms with van der Waals surface area (Å²) in [7, 11) is 0. The van der Waals surface area contributed by atoms with E-state index in [-0.39, 0.29) is 11.7 Å². The molecule has 0 aliphatic carbocycles. The zero-order valence-corrected chi connectivity index (χ0v) is 12.9. The highest BCUT2D eigenvalue weighted by Crippen LogP contribution is 2.17. The van der Waals surface area contributed by atoms with E-state index < -0.39 is 0 Å². The topological polar surface area (TPSA) is 32.3 Å². The van der Waals surface area contributed by atoms with Crippen molar-refractivity contribution in [2.45, 2.75) is 39.2 Å². The summed E-state index contributed by atoms with van der Waals surface area (Å²) in [5, 5.41) is 3.02. The van der Waals surface area contributed by atoms with Gasteiger partial charge in [-0.15, -0.1) is 0 Å². The van der Waals surface area contributed by atoms with Crippen molar-refractivity contribution in [3.63, 3.8) is 0 Å². The molecule has 0 saturated carbocycles. The number of likely N-dealkylation sites (tertiary alicyclic amines) is 1. The molecule has 0 unspecified atom stereocenters. The van der Waals surface area contributed by atoms with E-state index in [9.17, 15) is 9.18 Å². The van der Waals surface area contributed by atoms with Gasteiger partial charge in [-0.1, -0.05) is 12.1 Å². The van der Waals surface area contributed by atoms with Crippen LogP contribution in [0.1, 0.15) is 32.3 Å². The number of carbonyl (C=O) groups is 1. The number of nitrogens with zero attached hydrogens (tertiary/aromatic N) is 1. The van der Waals surface area contributed by atoms with Gasteiger partial charge >= 0.3 is 0 Å². The Hall–Kier alpha value is -1.42. The number of carbonyl (C=O) groups excluding carboxylic acids is 1.